The number of hydrogen-bond donors (Lipinski definition) is 0. The van der Waals surface area contributed by atoms with Gasteiger partial charge < -0.3 is 9.64 Å². The van der Waals surface area contributed by atoms with Crippen molar-refractivity contribution < 1.29 is 18.3 Å². The second-order valence-electron chi connectivity index (χ2n) is 3.98. The second kappa shape index (κ2) is 5.12. The van der Waals surface area contributed by atoms with Crippen LogP contribution in [0.2, 0.25) is 0 Å². The lowest BCUT2D eigenvalue weighted by molar-refractivity contribution is -0.127. The first-order valence-electron chi connectivity index (χ1n) is 5.49. The van der Waals surface area contributed by atoms with Gasteiger partial charge in [0.05, 0.1) is 6.54 Å². The van der Waals surface area contributed by atoms with Crippen molar-refractivity contribution in [3.8, 4) is 5.88 Å². The number of carbonyl (C=O) groups is 1. The highest BCUT2D eigenvalue weighted by Gasteiger charge is 2.29. The van der Waals surface area contributed by atoms with Gasteiger partial charge in [-0.15, -0.1) is 0 Å². The number of amides is 1. The van der Waals surface area contributed by atoms with Gasteiger partial charge in [0.1, 0.15) is 6.10 Å². The maximum absolute atomic E-state index is 12.8. The minimum absolute atomic E-state index is 0.161. The van der Waals surface area contributed by atoms with E-state index in [1.807, 2.05) is 0 Å². The van der Waals surface area contributed by atoms with E-state index in [0.717, 1.165) is 0 Å². The maximum atomic E-state index is 12.8. The van der Waals surface area contributed by atoms with Crippen LogP contribution in [0, 0.1) is 5.95 Å². The first-order chi connectivity index (χ1) is 8.56. The average molecular weight is 254 g/mol. The van der Waals surface area contributed by atoms with Crippen LogP contribution in [0.1, 0.15) is 6.42 Å². The molecule has 2 heterocycles. The van der Waals surface area contributed by atoms with Crippen LogP contribution >= 0.6 is 0 Å². The number of ether oxygens (including phenoxy) is 1. The molecule has 1 aromatic rings. The Labute approximate surface area is 103 Å². The third-order valence-electron chi connectivity index (χ3n) is 2.64. The van der Waals surface area contributed by atoms with Gasteiger partial charge in [-0.25, -0.2) is 4.39 Å². The highest BCUT2D eigenvalue weighted by atomic mass is 19.1. The molecule has 0 aromatic carbocycles. The standard InChI is InChI=1S/C12H12F2N2O2/c1-8(13)12(17)16-6-5-9(7-16)18-11-4-2-3-10(14)15-11/h2-4,9H,1,5-7H2. The number of aromatic nitrogens is 1. The lowest BCUT2D eigenvalue weighted by Gasteiger charge is -2.15. The molecular weight excluding hydrogens is 242 g/mol. The smallest absolute Gasteiger partial charge is 0.282 e. The third kappa shape index (κ3) is 2.82. The van der Waals surface area contributed by atoms with Crippen LogP contribution in [0.4, 0.5) is 8.78 Å². The first kappa shape index (κ1) is 12.5. The van der Waals surface area contributed by atoms with E-state index in [4.69, 9.17) is 4.74 Å². The van der Waals surface area contributed by atoms with Crippen molar-refractivity contribution in [3.63, 3.8) is 0 Å². The Kier molecular flexibility index (Phi) is 3.55. The number of halogens is 2. The number of carbonyl (C=O) groups excluding carboxylic acids is 1. The summed E-state index contributed by atoms with van der Waals surface area (Å²) < 4.78 is 30.9. The Hall–Kier alpha value is -1.98. The van der Waals surface area contributed by atoms with Gasteiger partial charge in [0.2, 0.25) is 11.8 Å². The SMILES string of the molecule is C=C(F)C(=O)N1CCC(Oc2cccc(F)n2)C1. The molecule has 0 N–H and O–H groups in total. The predicted octanol–water partition coefficient (Wildman–Crippen LogP) is 1.68. The fourth-order valence-electron chi connectivity index (χ4n) is 1.81. The average Bonchev–Trinajstić information content (AvgIpc) is 2.76. The molecule has 0 bridgehead atoms. The van der Waals surface area contributed by atoms with E-state index in [1.165, 1.54) is 23.1 Å². The monoisotopic (exact) mass is 254 g/mol. The minimum Gasteiger partial charge on any atom is -0.472 e. The van der Waals surface area contributed by atoms with Crippen LogP contribution < -0.4 is 4.74 Å². The van der Waals surface area contributed by atoms with E-state index in [1.54, 1.807) is 0 Å². The van der Waals surface area contributed by atoms with Crippen LogP contribution in [0.15, 0.2) is 30.6 Å². The van der Waals surface area contributed by atoms with Crippen LogP contribution in [0.3, 0.4) is 0 Å². The summed E-state index contributed by atoms with van der Waals surface area (Å²) in [7, 11) is 0. The Morgan fingerprint density at radius 3 is 3.00 bits per heavy atom. The van der Waals surface area contributed by atoms with Gasteiger partial charge in [0.15, 0.2) is 5.83 Å². The van der Waals surface area contributed by atoms with Crippen molar-refractivity contribution in [3.05, 3.63) is 36.6 Å². The lowest BCUT2D eigenvalue weighted by Crippen LogP contribution is -2.31. The molecule has 1 aliphatic heterocycles. The van der Waals surface area contributed by atoms with Crippen molar-refractivity contribution in [2.24, 2.45) is 0 Å². The molecule has 0 spiro atoms. The van der Waals surface area contributed by atoms with Crippen molar-refractivity contribution in [1.29, 1.82) is 0 Å². The molecule has 18 heavy (non-hydrogen) atoms. The van der Waals surface area contributed by atoms with Crippen molar-refractivity contribution in [2.75, 3.05) is 13.1 Å². The third-order valence-corrected chi connectivity index (χ3v) is 2.64. The molecule has 0 aliphatic carbocycles. The zero-order chi connectivity index (χ0) is 13.1. The Morgan fingerprint density at radius 1 is 1.56 bits per heavy atom. The summed E-state index contributed by atoms with van der Waals surface area (Å²) in [6, 6.07) is 4.23. The molecule has 1 fully saturated rings. The van der Waals surface area contributed by atoms with Crippen molar-refractivity contribution in [2.45, 2.75) is 12.5 Å². The highest BCUT2D eigenvalue weighted by molar-refractivity contribution is 5.90. The normalized spacial score (nSPS) is 18.8. The molecule has 6 heteroatoms. The summed E-state index contributed by atoms with van der Waals surface area (Å²) in [6.07, 6.45) is 0.250. The van der Waals surface area contributed by atoms with Crippen molar-refractivity contribution in [1.82, 2.24) is 9.88 Å². The molecule has 0 radical (unpaired) electrons. The summed E-state index contributed by atoms with van der Waals surface area (Å²) in [5.41, 5.74) is 0. The quantitative estimate of drug-likeness (QED) is 0.609. The maximum Gasteiger partial charge on any atom is 0.282 e. The topological polar surface area (TPSA) is 42.4 Å². The van der Waals surface area contributed by atoms with Gasteiger partial charge in [-0.3, -0.25) is 4.79 Å². The Balaban J connectivity index is 1.94. The largest absolute Gasteiger partial charge is 0.472 e. The molecule has 1 unspecified atom stereocenters. The molecule has 1 aliphatic rings. The molecule has 1 saturated heterocycles. The molecule has 1 amide bonds. The van der Waals surface area contributed by atoms with E-state index in [-0.39, 0.29) is 18.5 Å². The number of pyridine rings is 1. The van der Waals surface area contributed by atoms with Gasteiger partial charge in [0.25, 0.3) is 5.91 Å². The highest BCUT2D eigenvalue weighted by Crippen LogP contribution is 2.18. The fourth-order valence-corrected chi connectivity index (χ4v) is 1.81. The molecular formula is C12H12F2N2O2. The zero-order valence-corrected chi connectivity index (χ0v) is 9.60. The van der Waals surface area contributed by atoms with Gasteiger partial charge in [-0.05, 0) is 6.07 Å². The van der Waals surface area contributed by atoms with Crippen LogP contribution in [0.25, 0.3) is 0 Å². The van der Waals surface area contributed by atoms with Crippen molar-refractivity contribution >= 4 is 5.91 Å². The Bertz CT molecular complexity index is 479. The molecule has 4 nitrogen and oxygen atoms in total. The fraction of sp³-hybridized carbons (Fsp3) is 0.333. The molecule has 1 atom stereocenters. The van der Waals surface area contributed by atoms with Crippen LogP contribution in [-0.2, 0) is 4.79 Å². The van der Waals surface area contributed by atoms with E-state index >= 15 is 0 Å². The number of likely N-dealkylation sites (tertiary alicyclic amines) is 1. The first-order valence-corrected chi connectivity index (χ1v) is 5.49. The van der Waals surface area contributed by atoms with Gasteiger partial charge in [0, 0.05) is 19.0 Å². The molecule has 0 saturated carbocycles. The molecule has 2 rings (SSSR count). The van der Waals surface area contributed by atoms with E-state index in [0.29, 0.717) is 13.0 Å². The summed E-state index contributed by atoms with van der Waals surface area (Å²) in [5.74, 6) is -2.18. The number of hydrogen-bond acceptors (Lipinski definition) is 3. The van der Waals surface area contributed by atoms with Gasteiger partial charge in [-0.2, -0.15) is 9.37 Å². The van der Waals surface area contributed by atoms with Crippen LogP contribution in [-0.4, -0.2) is 35.0 Å². The van der Waals surface area contributed by atoms with E-state index in [2.05, 4.69) is 11.6 Å². The summed E-state index contributed by atoms with van der Waals surface area (Å²) in [5, 5.41) is 0. The second-order valence-corrected chi connectivity index (χ2v) is 3.98. The minimum atomic E-state index is -0.987. The van der Waals surface area contributed by atoms with Crippen LogP contribution in [0.5, 0.6) is 5.88 Å². The van der Waals surface area contributed by atoms with Gasteiger partial charge in [-0.1, -0.05) is 12.6 Å². The predicted molar refractivity (Wildman–Crippen MR) is 60.1 cm³/mol. The summed E-state index contributed by atoms with van der Waals surface area (Å²) in [4.78, 5) is 16.2. The molecule has 96 valence electrons. The van der Waals surface area contributed by atoms with E-state index in [9.17, 15) is 13.6 Å². The summed E-state index contributed by atoms with van der Waals surface area (Å²) in [6.45, 7) is 3.60. The Morgan fingerprint density at radius 2 is 2.33 bits per heavy atom. The van der Waals surface area contributed by atoms with Gasteiger partial charge >= 0.3 is 0 Å². The number of nitrogens with zero attached hydrogens (tertiary/aromatic N) is 2. The summed E-state index contributed by atoms with van der Waals surface area (Å²) >= 11 is 0. The number of rotatable bonds is 3. The van der Waals surface area contributed by atoms with E-state index < -0.39 is 17.7 Å². The molecule has 1 aromatic heterocycles. The lowest BCUT2D eigenvalue weighted by atomic mass is 10.3. The zero-order valence-electron chi connectivity index (χ0n) is 9.60.